The molecule has 1 aromatic heterocycles. The number of benzene rings is 1. The van der Waals surface area contributed by atoms with Gasteiger partial charge in [0, 0.05) is 0 Å². The Balaban J connectivity index is 1.86. The molecule has 0 spiro atoms. The van der Waals surface area contributed by atoms with Crippen LogP contribution in [0.3, 0.4) is 0 Å². The fraction of sp³-hybridized carbons (Fsp3) is 0.182. The van der Waals surface area contributed by atoms with Gasteiger partial charge in [0.2, 0.25) is 12.1 Å². The number of hydrogen-bond donors (Lipinski definition) is 0. The van der Waals surface area contributed by atoms with Crippen LogP contribution in [0.15, 0.2) is 28.8 Å². The first kappa shape index (κ1) is 9.83. The summed E-state index contributed by atoms with van der Waals surface area (Å²) in [5.41, 5.74) is 0. The molecule has 0 N–H and O–H groups in total. The number of carbonyl (C=O) groups is 1. The zero-order valence-electron chi connectivity index (χ0n) is 8.70. The molecule has 86 valence electrons. The number of hydrogen-bond acceptors (Lipinski definition) is 6. The highest BCUT2D eigenvalue weighted by Gasteiger charge is 2.26. The topological polar surface area (TPSA) is 74.5 Å². The first-order valence-electron chi connectivity index (χ1n) is 5.04. The van der Waals surface area contributed by atoms with Crippen molar-refractivity contribution in [1.29, 1.82) is 0 Å². The summed E-state index contributed by atoms with van der Waals surface area (Å²) >= 11 is 0. The number of fused-ring (bicyclic) bond motifs is 1. The summed E-state index contributed by atoms with van der Waals surface area (Å²) in [6.45, 7) is 0.287. The SMILES string of the molecule is O=Cc1nc(C2COc3ccccc3O2)no1. The molecule has 2 aromatic rings. The Labute approximate surface area is 96.2 Å². The van der Waals surface area contributed by atoms with E-state index in [2.05, 4.69) is 10.1 Å². The highest BCUT2D eigenvalue weighted by Crippen LogP contribution is 2.34. The molecule has 1 aromatic carbocycles. The fourth-order valence-electron chi connectivity index (χ4n) is 1.57. The third-order valence-corrected chi connectivity index (χ3v) is 2.35. The van der Waals surface area contributed by atoms with Crippen molar-refractivity contribution in [2.45, 2.75) is 6.10 Å². The number of para-hydroxylation sites is 2. The van der Waals surface area contributed by atoms with E-state index in [4.69, 9.17) is 14.0 Å². The van der Waals surface area contributed by atoms with Crippen LogP contribution in [0.1, 0.15) is 22.6 Å². The molecule has 0 bridgehead atoms. The zero-order chi connectivity index (χ0) is 11.7. The van der Waals surface area contributed by atoms with E-state index in [0.717, 1.165) is 0 Å². The first-order chi connectivity index (χ1) is 8.36. The van der Waals surface area contributed by atoms with Crippen LogP contribution >= 0.6 is 0 Å². The summed E-state index contributed by atoms with van der Waals surface area (Å²) < 4.78 is 15.8. The van der Waals surface area contributed by atoms with Gasteiger partial charge in [-0.25, -0.2) is 0 Å². The summed E-state index contributed by atoms with van der Waals surface area (Å²) in [5, 5.41) is 3.66. The van der Waals surface area contributed by atoms with Crippen molar-refractivity contribution < 1.29 is 18.8 Å². The monoisotopic (exact) mass is 232 g/mol. The van der Waals surface area contributed by atoms with E-state index in [1.807, 2.05) is 18.2 Å². The van der Waals surface area contributed by atoms with Gasteiger partial charge in [-0.05, 0) is 12.1 Å². The summed E-state index contributed by atoms with van der Waals surface area (Å²) in [4.78, 5) is 14.3. The quantitative estimate of drug-likeness (QED) is 0.728. The molecule has 1 atom stereocenters. The van der Waals surface area contributed by atoms with E-state index in [0.29, 0.717) is 23.6 Å². The summed E-state index contributed by atoms with van der Waals surface area (Å²) in [7, 11) is 0. The van der Waals surface area contributed by atoms with Gasteiger partial charge in [-0.15, -0.1) is 0 Å². The molecule has 0 amide bonds. The van der Waals surface area contributed by atoms with Crippen LogP contribution in [-0.4, -0.2) is 23.0 Å². The normalized spacial score (nSPS) is 17.8. The Morgan fingerprint density at radius 2 is 2.12 bits per heavy atom. The average molecular weight is 232 g/mol. The van der Waals surface area contributed by atoms with Crippen molar-refractivity contribution in [1.82, 2.24) is 10.1 Å². The largest absolute Gasteiger partial charge is 0.485 e. The van der Waals surface area contributed by atoms with Crippen LogP contribution in [0.2, 0.25) is 0 Å². The van der Waals surface area contributed by atoms with Gasteiger partial charge in [-0.3, -0.25) is 4.79 Å². The zero-order valence-corrected chi connectivity index (χ0v) is 8.70. The Morgan fingerprint density at radius 3 is 2.88 bits per heavy atom. The summed E-state index contributed by atoms with van der Waals surface area (Å²) in [6, 6.07) is 7.32. The van der Waals surface area contributed by atoms with Gasteiger partial charge >= 0.3 is 0 Å². The molecule has 1 aliphatic heterocycles. The van der Waals surface area contributed by atoms with Crippen LogP contribution in [-0.2, 0) is 0 Å². The van der Waals surface area contributed by atoms with Crippen molar-refractivity contribution >= 4 is 6.29 Å². The van der Waals surface area contributed by atoms with Crippen molar-refractivity contribution in [2.75, 3.05) is 6.61 Å². The molecule has 1 aliphatic rings. The molecule has 6 nitrogen and oxygen atoms in total. The molecule has 0 saturated carbocycles. The van der Waals surface area contributed by atoms with E-state index < -0.39 is 6.10 Å². The Bertz CT molecular complexity index is 552. The second kappa shape index (κ2) is 3.89. The molecule has 0 saturated heterocycles. The van der Waals surface area contributed by atoms with Crippen LogP contribution in [0.5, 0.6) is 11.5 Å². The molecular weight excluding hydrogens is 224 g/mol. The highest BCUT2D eigenvalue weighted by atomic mass is 16.6. The predicted molar refractivity (Wildman–Crippen MR) is 55.0 cm³/mol. The Morgan fingerprint density at radius 1 is 1.29 bits per heavy atom. The van der Waals surface area contributed by atoms with Gasteiger partial charge in [0.1, 0.15) is 6.61 Å². The fourth-order valence-corrected chi connectivity index (χ4v) is 1.57. The molecule has 6 heteroatoms. The van der Waals surface area contributed by atoms with Crippen molar-refractivity contribution in [3.63, 3.8) is 0 Å². The number of nitrogens with zero attached hydrogens (tertiary/aromatic N) is 2. The lowest BCUT2D eigenvalue weighted by Gasteiger charge is -2.23. The number of rotatable bonds is 2. The van der Waals surface area contributed by atoms with Gasteiger partial charge < -0.3 is 14.0 Å². The third kappa shape index (κ3) is 1.73. The molecule has 0 aliphatic carbocycles. The van der Waals surface area contributed by atoms with Gasteiger partial charge in [-0.2, -0.15) is 4.98 Å². The van der Waals surface area contributed by atoms with Crippen LogP contribution in [0.4, 0.5) is 0 Å². The van der Waals surface area contributed by atoms with Crippen LogP contribution < -0.4 is 9.47 Å². The van der Waals surface area contributed by atoms with Gasteiger partial charge in [0.15, 0.2) is 17.6 Å². The maximum Gasteiger partial charge on any atom is 0.290 e. The van der Waals surface area contributed by atoms with Crippen molar-refractivity contribution in [3.05, 3.63) is 36.0 Å². The summed E-state index contributed by atoms with van der Waals surface area (Å²) in [6.07, 6.45) is 0.0380. The van der Waals surface area contributed by atoms with E-state index in [-0.39, 0.29) is 12.5 Å². The van der Waals surface area contributed by atoms with Gasteiger partial charge in [0.05, 0.1) is 0 Å². The molecular formula is C11H8N2O4. The van der Waals surface area contributed by atoms with Crippen LogP contribution in [0.25, 0.3) is 0 Å². The molecule has 2 heterocycles. The van der Waals surface area contributed by atoms with E-state index in [1.165, 1.54) is 0 Å². The highest BCUT2D eigenvalue weighted by molar-refractivity contribution is 5.66. The standard InChI is InChI=1S/C11H8N2O4/c14-5-10-12-11(13-17-10)9-6-15-7-3-1-2-4-8(7)16-9/h1-5,9H,6H2. The Kier molecular flexibility index (Phi) is 2.25. The predicted octanol–water partition coefficient (Wildman–Crippen LogP) is 1.39. The number of ether oxygens (including phenoxy) is 2. The molecule has 1 unspecified atom stereocenters. The molecule has 0 radical (unpaired) electrons. The Hall–Kier alpha value is -2.37. The summed E-state index contributed by atoms with van der Waals surface area (Å²) in [5.74, 6) is 1.55. The van der Waals surface area contributed by atoms with E-state index >= 15 is 0 Å². The number of carbonyl (C=O) groups excluding carboxylic acids is 1. The third-order valence-electron chi connectivity index (χ3n) is 2.35. The van der Waals surface area contributed by atoms with Crippen LogP contribution in [0, 0.1) is 0 Å². The number of aldehydes is 1. The second-order valence-electron chi connectivity index (χ2n) is 3.47. The maximum atomic E-state index is 10.4. The van der Waals surface area contributed by atoms with E-state index in [1.54, 1.807) is 6.07 Å². The van der Waals surface area contributed by atoms with Gasteiger partial charge in [0.25, 0.3) is 5.89 Å². The minimum absolute atomic E-state index is 0.0672. The van der Waals surface area contributed by atoms with Crippen molar-refractivity contribution in [3.8, 4) is 11.5 Å². The molecule has 0 fully saturated rings. The molecule has 17 heavy (non-hydrogen) atoms. The van der Waals surface area contributed by atoms with Crippen molar-refractivity contribution in [2.24, 2.45) is 0 Å². The minimum atomic E-state index is -0.456. The second-order valence-corrected chi connectivity index (χ2v) is 3.47. The van der Waals surface area contributed by atoms with E-state index in [9.17, 15) is 4.79 Å². The number of aromatic nitrogens is 2. The maximum absolute atomic E-state index is 10.4. The minimum Gasteiger partial charge on any atom is -0.485 e. The lowest BCUT2D eigenvalue weighted by Crippen LogP contribution is -2.22. The average Bonchev–Trinajstić information content (AvgIpc) is 2.87. The lowest BCUT2D eigenvalue weighted by molar-refractivity contribution is 0.0832. The lowest BCUT2D eigenvalue weighted by atomic mass is 10.2. The smallest absolute Gasteiger partial charge is 0.290 e. The first-order valence-corrected chi connectivity index (χ1v) is 5.04. The van der Waals surface area contributed by atoms with Gasteiger partial charge in [-0.1, -0.05) is 17.3 Å². The molecule has 3 rings (SSSR count).